The fourth-order valence-corrected chi connectivity index (χ4v) is 5.05. The van der Waals surface area contributed by atoms with Gasteiger partial charge in [0.1, 0.15) is 6.04 Å². The number of hydrogen-bond donors (Lipinski definition) is 1. The third kappa shape index (κ3) is 8.39. The Morgan fingerprint density at radius 3 is 2.31 bits per heavy atom. The first-order chi connectivity index (χ1) is 16.8. The number of amides is 2. The zero-order valence-electron chi connectivity index (χ0n) is 21.4. The van der Waals surface area contributed by atoms with Crippen LogP contribution in [0.2, 0.25) is 10.0 Å². The standard InChI is InChI=1S/C26H35Cl2N3O4S/c1-6-19(3)29-26(33)20(4)30(17-21-13-14-22(27)23(28)16-21)25(32)12-9-15-31(36(5,34)35)24-11-8-7-10-18(24)2/h7-8,10-11,13-14,16,19-20H,6,9,12,15,17H2,1-5H3,(H,29,33)/t19-,20-/m1/s1. The Labute approximate surface area is 224 Å². The molecule has 36 heavy (non-hydrogen) atoms. The van der Waals surface area contributed by atoms with Gasteiger partial charge in [-0.15, -0.1) is 0 Å². The molecule has 0 radical (unpaired) electrons. The number of halogens is 2. The van der Waals surface area contributed by atoms with Gasteiger partial charge in [0.15, 0.2) is 0 Å². The molecule has 0 bridgehead atoms. The number of hydrogen-bond acceptors (Lipinski definition) is 4. The van der Waals surface area contributed by atoms with E-state index in [1.54, 1.807) is 37.3 Å². The van der Waals surface area contributed by atoms with Gasteiger partial charge in [-0.1, -0.05) is 54.4 Å². The molecule has 7 nitrogen and oxygen atoms in total. The highest BCUT2D eigenvalue weighted by Gasteiger charge is 2.27. The van der Waals surface area contributed by atoms with Crippen LogP contribution in [0.1, 0.15) is 51.2 Å². The molecule has 0 heterocycles. The van der Waals surface area contributed by atoms with Crippen LogP contribution in [0.3, 0.4) is 0 Å². The van der Waals surface area contributed by atoms with Gasteiger partial charge in [-0.2, -0.15) is 0 Å². The third-order valence-electron chi connectivity index (χ3n) is 6.04. The Morgan fingerprint density at radius 2 is 1.72 bits per heavy atom. The van der Waals surface area contributed by atoms with Gasteiger partial charge in [0.2, 0.25) is 21.8 Å². The lowest BCUT2D eigenvalue weighted by Crippen LogP contribution is -2.49. The SMILES string of the molecule is CC[C@@H](C)NC(=O)[C@@H](C)N(Cc1ccc(Cl)c(Cl)c1)C(=O)CCCN(c1ccccc1C)S(C)(=O)=O. The molecule has 198 valence electrons. The molecule has 0 aliphatic carbocycles. The number of aryl methyl sites for hydroxylation is 1. The minimum Gasteiger partial charge on any atom is -0.352 e. The fraction of sp³-hybridized carbons (Fsp3) is 0.462. The van der Waals surface area contributed by atoms with E-state index in [9.17, 15) is 18.0 Å². The predicted molar refractivity (Wildman–Crippen MR) is 147 cm³/mol. The van der Waals surface area contributed by atoms with Crippen molar-refractivity contribution in [3.8, 4) is 0 Å². The predicted octanol–water partition coefficient (Wildman–Crippen LogP) is 5.18. The Bertz CT molecular complexity index is 1170. The van der Waals surface area contributed by atoms with Crippen LogP contribution in [0.5, 0.6) is 0 Å². The molecule has 2 aromatic carbocycles. The Kier molecular flexibility index (Phi) is 11.1. The lowest BCUT2D eigenvalue weighted by Gasteiger charge is -2.30. The zero-order chi connectivity index (χ0) is 27.0. The minimum absolute atomic E-state index is 0.0284. The lowest BCUT2D eigenvalue weighted by atomic mass is 10.1. The van der Waals surface area contributed by atoms with E-state index in [4.69, 9.17) is 23.2 Å². The minimum atomic E-state index is -3.55. The highest BCUT2D eigenvalue weighted by atomic mass is 35.5. The Balaban J connectivity index is 2.21. The molecular weight excluding hydrogens is 521 g/mol. The van der Waals surface area contributed by atoms with Gasteiger partial charge in [-0.05, 0) is 62.9 Å². The van der Waals surface area contributed by atoms with E-state index in [-0.39, 0.29) is 43.8 Å². The summed E-state index contributed by atoms with van der Waals surface area (Å²) < 4.78 is 26.3. The van der Waals surface area contributed by atoms with Crippen molar-refractivity contribution in [2.45, 2.75) is 65.6 Å². The molecule has 0 spiro atoms. The summed E-state index contributed by atoms with van der Waals surface area (Å²) in [5.41, 5.74) is 2.14. The van der Waals surface area contributed by atoms with Crippen LogP contribution in [0.25, 0.3) is 0 Å². The molecule has 0 aliphatic rings. The Hall–Kier alpha value is -2.29. The molecule has 0 unspecified atom stereocenters. The number of anilines is 1. The van der Waals surface area contributed by atoms with Crippen molar-refractivity contribution in [1.29, 1.82) is 0 Å². The van der Waals surface area contributed by atoms with E-state index in [1.165, 1.54) is 9.21 Å². The molecule has 0 saturated carbocycles. The second-order valence-corrected chi connectivity index (χ2v) is 11.7. The molecule has 0 fully saturated rings. The molecule has 2 aromatic rings. The first-order valence-electron chi connectivity index (χ1n) is 11.9. The molecular formula is C26H35Cl2N3O4S. The number of carbonyl (C=O) groups excluding carboxylic acids is 2. The van der Waals surface area contributed by atoms with E-state index in [0.29, 0.717) is 15.7 Å². The van der Waals surface area contributed by atoms with Crippen molar-refractivity contribution < 1.29 is 18.0 Å². The maximum absolute atomic E-state index is 13.4. The maximum atomic E-state index is 13.4. The number of benzene rings is 2. The normalized spacial score (nSPS) is 13.1. The van der Waals surface area contributed by atoms with Crippen LogP contribution in [-0.4, -0.2) is 50.0 Å². The Morgan fingerprint density at radius 1 is 1.06 bits per heavy atom. The summed E-state index contributed by atoms with van der Waals surface area (Å²) in [6.07, 6.45) is 2.27. The van der Waals surface area contributed by atoms with Gasteiger partial charge in [0.25, 0.3) is 0 Å². The van der Waals surface area contributed by atoms with Crippen molar-refractivity contribution in [1.82, 2.24) is 10.2 Å². The highest BCUT2D eigenvalue weighted by Crippen LogP contribution is 2.25. The van der Waals surface area contributed by atoms with Gasteiger partial charge in [0.05, 0.1) is 22.0 Å². The van der Waals surface area contributed by atoms with Crippen molar-refractivity contribution in [2.24, 2.45) is 0 Å². The lowest BCUT2D eigenvalue weighted by molar-refractivity contribution is -0.140. The first-order valence-corrected chi connectivity index (χ1v) is 14.5. The highest BCUT2D eigenvalue weighted by molar-refractivity contribution is 7.92. The smallest absolute Gasteiger partial charge is 0.242 e. The quantitative estimate of drug-likeness (QED) is 0.391. The first kappa shape index (κ1) is 29.9. The summed E-state index contributed by atoms with van der Waals surface area (Å²) in [6.45, 7) is 7.71. The van der Waals surface area contributed by atoms with Crippen molar-refractivity contribution in [3.05, 3.63) is 63.6 Å². The van der Waals surface area contributed by atoms with E-state index in [0.717, 1.165) is 23.8 Å². The second-order valence-electron chi connectivity index (χ2n) is 8.99. The van der Waals surface area contributed by atoms with Gasteiger partial charge in [0, 0.05) is 25.6 Å². The number of nitrogens with zero attached hydrogens (tertiary/aromatic N) is 2. The van der Waals surface area contributed by atoms with Crippen molar-refractivity contribution in [3.63, 3.8) is 0 Å². The summed E-state index contributed by atoms with van der Waals surface area (Å²) in [4.78, 5) is 27.7. The van der Waals surface area contributed by atoms with E-state index < -0.39 is 16.1 Å². The van der Waals surface area contributed by atoms with E-state index >= 15 is 0 Å². The average molecular weight is 557 g/mol. The van der Waals surface area contributed by atoms with Crippen LogP contribution in [-0.2, 0) is 26.2 Å². The van der Waals surface area contributed by atoms with E-state index in [2.05, 4.69) is 5.32 Å². The molecule has 0 aliphatic heterocycles. The van der Waals surface area contributed by atoms with Crippen LogP contribution in [0.15, 0.2) is 42.5 Å². The molecule has 0 saturated heterocycles. The molecule has 2 atom stereocenters. The summed E-state index contributed by atoms with van der Waals surface area (Å²) in [5.74, 6) is -0.512. The van der Waals surface area contributed by atoms with Gasteiger partial charge in [-0.3, -0.25) is 13.9 Å². The van der Waals surface area contributed by atoms with Crippen molar-refractivity contribution >= 4 is 50.7 Å². The molecule has 1 N–H and O–H groups in total. The van der Waals surface area contributed by atoms with Crippen LogP contribution in [0, 0.1) is 6.92 Å². The van der Waals surface area contributed by atoms with Gasteiger partial charge in [-0.25, -0.2) is 8.42 Å². The van der Waals surface area contributed by atoms with Gasteiger partial charge >= 0.3 is 0 Å². The molecule has 2 amide bonds. The largest absolute Gasteiger partial charge is 0.352 e. The summed E-state index contributed by atoms with van der Waals surface area (Å²) in [5, 5.41) is 3.69. The number of nitrogens with one attached hydrogen (secondary N) is 1. The summed E-state index contributed by atoms with van der Waals surface area (Å²) >= 11 is 12.2. The molecule has 2 rings (SSSR count). The fourth-order valence-electron chi connectivity index (χ4n) is 3.71. The number of carbonyl (C=O) groups is 2. The maximum Gasteiger partial charge on any atom is 0.242 e. The topological polar surface area (TPSA) is 86.8 Å². The van der Waals surface area contributed by atoms with Crippen LogP contribution in [0.4, 0.5) is 5.69 Å². The van der Waals surface area contributed by atoms with Gasteiger partial charge < -0.3 is 10.2 Å². The van der Waals surface area contributed by atoms with Crippen molar-refractivity contribution in [2.75, 3.05) is 17.1 Å². The number of rotatable bonds is 12. The molecule has 0 aromatic heterocycles. The molecule has 10 heteroatoms. The third-order valence-corrected chi connectivity index (χ3v) is 7.96. The zero-order valence-corrected chi connectivity index (χ0v) is 23.8. The number of para-hydroxylation sites is 1. The monoisotopic (exact) mass is 555 g/mol. The van der Waals surface area contributed by atoms with Crippen LogP contribution < -0.4 is 9.62 Å². The summed E-state index contributed by atoms with van der Waals surface area (Å²) in [6, 6.07) is 11.5. The number of sulfonamides is 1. The van der Waals surface area contributed by atoms with Crippen LogP contribution >= 0.6 is 23.2 Å². The second kappa shape index (κ2) is 13.3. The summed E-state index contributed by atoms with van der Waals surface area (Å²) in [7, 11) is -3.55. The average Bonchev–Trinajstić information content (AvgIpc) is 2.81. The van der Waals surface area contributed by atoms with E-state index in [1.807, 2.05) is 32.9 Å².